The highest BCUT2D eigenvalue weighted by atomic mass is 16.5. The first-order valence-corrected chi connectivity index (χ1v) is 3.29. The molecular formula is C6H10N3O2. The van der Waals surface area contributed by atoms with Crippen molar-refractivity contribution < 1.29 is 9.47 Å². The van der Waals surface area contributed by atoms with E-state index in [1.165, 1.54) is 7.11 Å². The van der Waals surface area contributed by atoms with Crippen LogP contribution in [0.4, 0.5) is 0 Å². The van der Waals surface area contributed by atoms with Gasteiger partial charge in [-0.15, -0.1) is 0 Å². The molecule has 0 aromatic rings. The van der Waals surface area contributed by atoms with E-state index in [0.717, 1.165) is 0 Å². The van der Waals surface area contributed by atoms with Gasteiger partial charge in [0.05, 0.1) is 19.8 Å². The predicted molar refractivity (Wildman–Crippen MR) is 39.4 cm³/mol. The number of nitrogens with zero attached hydrogens (tertiary/aromatic N) is 2. The fourth-order valence-corrected chi connectivity index (χ4v) is 0.626. The Morgan fingerprint density at radius 1 is 1.64 bits per heavy atom. The molecule has 1 rings (SSSR count). The Labute approximate surface area is 65.0 Å². The van der Waals surface area contributed by atoms with Crippen molar-refractivity contribution in [2.75, 3.05) is 13.7 Å². The van der Waals surface area contributed by atoms with Gasteiger partial charge in [-0.05, 0) is 6.92 Å². The lowest BCUT2D eigenvalue weighted by molar-refractivity contribution is 0.191. The van der Waals surface area contributed by atoms with E-state index in [4.69, 9.17) is 9.47 Å². The highest BCUT2D eigenvalue weighted by Gasteiger charge is 2.06. The Kier molecular flexibility index (Phi) is 2.59. The molecule has 0 atom stereocenters. The molecular weight excluding hydrogens is 146 g/mol. The first-order chi connectivity index (χ1) is 5.36. The second kappa shape index (κ2) is 3.70. The Hall–Kier alpha value is -1.39. The Morgan fingerprint density at radius 3 is 3.09 bits per heavy atom. The minimum Gasteiger partial charge on any atom is -0.480 e. The lowest BCUT2D eigenvalue weighted by Gasteiger charge is -2.12. The molecule has 61 valence electrons. The normalized spacial score (nSPS) is 15.5. The second-order valence-electron chi connectivity index (χ2n) is 1.80. The smallest absolute Gasteiger partial charge is 0.240 e. The number of nitrogens with one attached hydrogen (secondary N) is 1. The first kappa shape index (κ1) is 7.71. The molecule has 0 unspecified atom stereocenters. The molecule has 0 aliphatic carbocycles. The van der Waals surface area contributed by atoms with Crippen LogP contribution in [0.15, 0.2) is 17.1 Å². The Balaban J connectivity index is 2.53. The summed E-state index contributed by atoms with van der Waals surface area (Å²) in [6.07, 6.45) is 1.64. The fourth-order valence-electron chi connectivity index (χ4n) is 0.626. The number of hydrogen-bond donors (Lipinski definition) is 1. The molecule has 1 aliphatic rings. The lowest BCUT2D eigenvalue weighted by Crippen LogP contribution is -2.27. The minimum absolute atomic E-state index is 0.437. The van der Waals surface area contributed by atoms with E-state index in [9.17, 15) is 0 Å². The summed E-state index contributed by atoms with van der Waals surface area (Å²) >= 11 is 0. The zero-order valence-corrected chi connectivity index (χ0v) is 6.50. The summed E-state index contributed by atoms with van der Waals surface area (Å²) in [5.41, 5.74) is 6.13. The summed E-state index contributed by atoms with van der Waals surface area (Å²) in [6, 6.07) is 0. The van der Waals surface area contributed by atoms with Gasteiger partial charge < -0.3 is 9.47 Å². The van der Waals surface area contributed by atoms with Gasteiger partial charge in [0.1, 0.15) is 0 Å². The molecule has 0 aromatic heterocycles. The third-order valence-electron chi connectivity index (χ3n) is 1.07. The van der Waals surface area contributed by atoms with Crippen molar-refractivity contribution in [2.45, 2.75) is 6.92 Å². The maximum Gasteiger partial charge on any atom is 0.240 e. The third kappa shape index (κ3) is 2.03. The molecule has 0 bridgehead atoms. The molecule has 1 radical (unpaired) electrons. The van der Waals surface area contributed by atoms with Crippen LogP contribution in [-0.2, 0) is 9.47 Å². The van der Waals surface area contributed by atoms with Crippen LogP contribution in [0.1, 0.15) is 6.92 Å². The van der Waals surface area contributed by atoms with Crippen molar-refractivity contribution in [2.24, 2.45) is 5.10 Å². The molecule has 0 amide bonds. The minimum atomic E-state index is 0.437. The first-order valence-electron chi connectivity index (χ1n) is 3.29. The van der Waals surface area contributed by atoms with Crippen molar-refractivity contribution in [1.82, 2.24) is 11.0 Å². The van der Waals surface area contributed by atoms with Crippen LogP contribution >= 0.6 is 0 Å². The summed E-state index contributed by atoms with van der Waals surface area (Å²) in [5, 5.41) is 3.63. The van der Waals surface area contributed by atoms with Gasteiger partial charge in [-0.2, -0.15) is 0 Å². The average molecular weight is 156 g/mol. The Morgan fingerprint density at radius 2 is 2.45 bits per heavy atom. The van der Waals surface area contributed by atoms with Crippen LogP contribution in [0.5, 0.6) is 0 Å². The molecule has 1 heterocycles. The van der Waals surface area contributed by atoms with Crippen molar-refractivity contribution in [3.05, 3.63) is 12.0 Å². The highest BCUT2D eigenvalue weighted by Crippen LogP contribution is 1.97. The van der Waals surface area contributed by atoms with Crippen molar-refractivity contribution in [3.8, 4) is 0 Å². The van der Waals surface area contributed by atoms with E-state index < -0.39 is 0 Å². The SMILES string of the molecule is CCOC1=CC(OC)=N[N]N1. The number of methoxy groups -OCH3 is 1. The molecule has 1 aliphatic heterocycles. The predicted octanol–water partition coefficient (Wildman–Crippen LogP) is -0.0532. The average Bonchev–Trinajstić information content (AvgIpc) is 2.06. The molecule has 0 saturated carbocycles. The molecule has 5 heteroatoms. The van der Waals surface area contributed by atoms with E-state index >= 15 is 0 Å². The van der Waals surface area contributed by atoms with Gasteiger partial charge in [0.25, 0.3) is 0 Å². The number of ether oxygens (including phenoxy) is 2. The zero-order chi connectivity index (χ0) is 8.10. The fraction of sp³-hybridized carbons (Fsp3) is 0.500. The lowest BCUT2D eigenvalue weighted by atomic mass is 10.5. The topological polar surface area (TPSA) is 57.0 Å². The summed E-state index contributed by atoms with van der Waals surface area (Å²) in [7, 11) is 1.53. The van der Waals surface area contributed by atoms with Crippen LogP contribution in [-0.4, -0.2) is 19.6 Å². The molecule has 0 spiro atoms. The zero-order valence-electron chi connectivity index (χ0n) is 6.50. The van der Waals surface area contributed by atoms with E-state index in [2.05, 4.69) is 16.1 Å². The van der Waals surface area contributed by atoms with Crippen LogP contribution in [0.3, 0.4) is 0 Å². The van der Waals surface area contributed by atoms with Gasteiger partial charge in [0, 0.05) is 0 Å². The van der Waals surface area contributed by atoms with Gasteiger partial charge in [-0.3, -0.25) is 0 Å². The van der Waals surface area contributed by atoms with Crippen molar-refractivity contribution >= 4 is 5.90 Å². The molecule has 0 fully saturated rings. The van der Waals surface area contributed by atoms with Gasteiger partial charge >= 0.3 is 0 Å². The van der Waals surface area contributed by atoms with Crippen LogP contribution < -0.4 is 11.0 Å². The maximum absolute atomic E-state index is 5.11. The quantitative estimate of drug-likeness (QED) is 0.609. The summed E-state index contributed by atoms with van der Waals surface area (Å²) < 4.78 is 9.94. The van der Waals surface area contributed by atoms with Gasteiger partial charge in [0.15, 0.2) is 0 Å². The molecule has 0 saturated heterocycles. The standard InChI is InChI=1S/C6H10N3O2/c1-3-11-6-4-5(10-2)7-9-8-6/h4,8H,3H2,1-2H3. The van der Waals surface area contributed by atoms with Crippen LogP contribution in [0.2, 0.25) is 0 Å². The monoisotopic (exact) mass is 156 g/mol. The molecule has 1 N–H and O–H groups in total. The van der Waals surface area contributed by atoms with E-state index in [1.807, 2.05) is 6.92 Å². The molecule has 0 aromatic carbocycles. The maximum atomic E-state index is 5.11. The number of rotatable bonds is 2. The van der Waals surface area contributed by atoms with Crippen LogP contribution in [0, 0.1) is 0 Å². The second-order valence-corrected chi connectivity index (χ2v) is 1.80. The van der Waals surface area contributed by atoms with Crippen molar-refractivity contribution in [3.63, 3.8) is 0 Å². The van der Waals surface area contributed by atoms with Crippen molar-refractivity contribution in [1.29, 1.82) is 0 Å². The van der Waals surface area contributed by atoms with Gasteiger partial charge in [0.2, 0.25) is 11.8 Å². The van der Waals surface area contributed by atoms with E-state index in [0.29, 0.717) is 18.4 Å². The van der Waals surface area contributed by atoms with Gasteiger partial charge in [-0.1, -0.05) is 10.6 Å². The summed E-state index contributed by atoms with van der Waals surface area (Å²) in [5.74, 6) is 0.992. The van der Waals surface area contributed by atoms with E-state index in [-0.39, 0.29) is 0 Å². The third-order valence-corrected chi connectivity index (χ3v) is 1.07. The summed E-state index contributed by atoms with van der Waals surface area (Å²) in [6.45, 7) is 2.48. The largest absolute Gasteiger partial charge is 0.480 e. The van der Waals surface area contributed by atoms with Gasteiger partial charge in [-0.25, -0.2) is 5.43 Å². The van der Waals surface area contributed by atoms with Crippen LogP contribution in [0.25, 0.3) is 0 Å². The molecule has 5 nitrogen and oxygen atoms in total. The number of hydrogen-bond acceptors (Lipinski definition) is 4. The highest BCUT2D eigenvalue weighted by molar-refractivity contribution is 5.88. The summed E-state index contributed by atoms with van der Waals surface area (Å²) in [4.78, 5) is 0. The van der Waals surface area contributed by atoms with E-state index in [1.54, 1.807) is 6.08 Å². The molecule has 11 heavy (non-hydrogen) atoms. The Bertz CT molecular complexity index is 188.